The van der Waals surface area contributed by atoms with E-state index < -0.39 is 85.7 Å². The van der Waals surface area contributed by atoms with E-state index in [1.54, 1.807) is 0 Å². The van der Waals surface area contributed by atoms with Crippen LogP contribution in [0.4, 0.5) is 0 Å². The van der Waals surface area contributed by atoms with Gasteiger partial charge in [0.05, 0.1) is 25.1 Å². The average Bonchev–Trinajstić information content (AvgIpc) is 3.05. The van der Waals surface area contributed by atoms with E-state index in [4.69, 9.17) is 23.5 Å². The van der Waals surface area contributed by atoms with Crippen molar-refractivity contribution in [2.75, 3.05) is 25.5 Å². The van der Waals surface area contributed by atoms with Gasteiger partial charge >= 0.3 is 0 Å². The van der Waals surface area contributed by atoms with E-state index >= 15 is 0 Å². The highest BCUT2D eigenvalue weighted by Crippen LogP contribution is 2.30. The van der Waals surface area contributed by atoms with Crippen molar-refractivity contribution >= 4 is 17.0 Å². The molecule has 15 nitrogen and oxygen atoms in total. The molecule has 0 bridgehead atoms. The number of aliphatic hydroxyl groups excluding tert-OH is 7. The highest BCUT2D eigenvalue weighted by Gasteiger charge is 2.51. The Morgan fingerprint density at radius 2 is 1.31 bits per heavy atom. The van der Waals surface area contributed by atoms with Gasteiger partial charge < -0.3 is 64.6 Å². The summed E-state index contributed by atoms with van der Waals surface area (Å²) in [5, 5.41) is 73.4. The van der Waals surface area contributed by atoms with Crippen LogP contribution in [-0.2, 0) is 34.8 Å². The van der Waals surface area contributed by atoms with Gasteiger partial charge in [-0.15, -0.1) is 0 Å². The summed E-state index contributed by atoms with van der Waals surface area (Å²) in [6.07, 6.45) is 1.57. The Balaban J connectivity index is 1.61. The third kappa shape index (κ3) is 15.4. The van der Waals surface area contributed by atoms with Crippen LogP contribution in [0.1, 0.15) is 90.4 Å². The number of amides is 1. The van der Waals surface area contributed by atoms with Crippen molar-refractivity contribution in [3.8, 4) is 0 Å². The molecule has 2 saturated heterocycles. The predicted molar refractivity (Wildman–Crippen MR) is 175 cm³/mol. The number of nitrogens with one attached hydrogen (secondary N) is 1. The molecule has 282 valence electrons. The second-order valence-electron chi connectivity index (χ2n) is 12.6. The second-order valence-corrected chi connectivity index (χ2v) is 13.6. The Hall–Kier alpha value is -1.12. The first kappa shape index (κ1) is 43.0. The molecule has 0 radical (unpaired) electrons. The number of ether oxygens (including phenoxy) is 4. The molecule has 48 heavy (non-hydrogen) atoms. The van der Waals surface area contributed by atoms with Gasteiger partial charge in [-0.05, 0) is 45.4 Å². The van der Waals surface area contributed by atoms with E-state index in [2.05, 4.69) is 17.5 Å². The van der Waals surface area contributed by atoms with Crippen LogP contribution in [0.15, 0.2) is 12.2 Å². The highest BCUT2D eigenvalue weighted by atomic mass is 32.2. The van der Waals surface area contributed by atoms with Gasteiger partial charge in [-0.25, -0.2) is 4.21 Å². The van der Waals surface area contributed by atoms with Gasteiger partial charge in [-0.3, -0.25) is 4.79 Å². The van der Waals surface area contributed by atoms with Crippen LogP contribution in [0.25, 0.3) is 0 Å². The molecule has 0 aromatic carbocycles. The number of carbonyl (C=O) groups is 1. The summed E-state index contributed by atoms with van der Waals surface area (Å²) in [6.45, 7) is 0.800. The summed E-state index contributed by atoms with van der Waals surface area (Å²) >= 11 is -1.88. The maximum absolute atomic E-state index is 11.6. The lowest BCUT2D eigenvalue weighted by Gasteiger charge is -2.46. The van der Waals surface area contributed by atoms with Gasteiger partial charge in [0, 0.05) is 13.0 Å². The third-order valence-electron chi connectivity index (χ3n) is 8.60. The van der Waals surface area contributed by atoms with Crippen LogP contribution in [0, 0.1) is 0 Å². The minimum absolute atomic E-state index is 0.0545. The first-order valence-corrected chi connectivity index (χ1v) is 18.5. The lowest BCUT2D eigenvalue weighted by Crippen LogP contribution is -2.64. The van der Waals surface area contributed by atoms with Crippen LogP contribution >= 0.6 is 0 Å². The maximum atomic E-state index is 11.6. The molecule has 12 atom stereocenters. The Morgan fingerprint density at radius 3 is 1.92 bits per heavy atom. The van der Waals surface area contributed by atoms with Gasteiger partial charge in [0.2, 0.25) is 5.91 Å². The van der Waals surface area contributed by atoms with Crippen molar-refractivity contribution in [3.05, 3.63) is 12.2 Å². The van der Waals surface area contributed by atoms with Crippen molar-refractivity contribution in [3.63, 3.8) is 0 Å². The Labute approximate surface area is 285 Å². The fourth-order valence-corrected chi connectivity index (χ4v) is 5.95. The summed E-state index contributed by atoms with van der Waals surface area (Å²) in [5.41, 5.74) is 0. The molecule has 2 rings (SSSR count). The Bertz CT molecular complexity index is 929. The summed E-state index contributed by atoms with van der Waals surface area (Å²) < 4.78 is 42.0. The van der Waals surface area contributed by atoms with E-state index in [0.29, 0.717) is 12.8 Å². The van der Waals surface area contributed by atoms with Crippen molar-refractivity contribution in [2.24, 2.45) is 0 Å². The lowest BCUT2D eigenvalue weighted by molar-refractivity contribution is -0.371. The molecule has 2 aliphatic rings. The first-order valence-electron chi connectivity index (χ1n) is 17.2. The molecule has 1 amide bonds. The largest absolute Gasteiger partial charge is 0.394 e. The standard InChI is InChI=1S/C32H59NO14S/c1-21(15-13-11-9-7-5-3-2-4-6-8-10-12-14-16-24(36)33-17-18-48(42)43)44-32-30(28(40)26(38)23(20-35)46-32)47-31-29(41)27(39)25(37)22(19-34)45-31/h2-3,21-23,25-32,34-35,37-41H,4-20H2,1H3,(H,33,36)(H,42,43)/b3-2-. The van der Waals surface area contributed by atoms with E-state index in [-0.39, 0.29) is 24.3 Å². The zero-order valence-corrected chi connectivity index (χ0v) is 28.8. The normalized spacial score (nSPS) is 32.4. The Kier molecular flexibility index (Phi) is 21.6. The lowest BCUT2D eigenvalue weighted by atomic mass is 9.97. The minimum atomic E-state index is -1.88. The molecule has 9 N–H and O–H groups in total. The molecule has 0 spiro atoms. The van der Waals surface area contributed by atoms with Crippen molar-refractivity contribution < 1.29 is 68.2 Å². The number of hydrogen-bond donors (Lipinski definition) is 9. The monoisotopic (exact) mass is 713 g/mol. The SMILES string of the molecule is CC(CCCCCC/C=C\CCCCCCCC(=O)NCCS(=O)O)OC1OC(CO)C(O)C(O)C1OC1OC(CO)C(O)C(O)C1O. The summed E-state index contributed by atoms with van der Waals surface area (Å²) in [5.74, 6) is -0.0189. The van der Waals surface area contributed by atoms with E-state index in [9.17, 15) is 44.7 Å². The summed E-state index contributed by atoms with van der Waals surface area (Å²) in [6, 6.07) is 0. The Morgan fingerprint density at radius 1 is 0.771 bits per heavy atom. The fraction of sp³-hybridized carbons (Fsp3) is 0.906. The topological polar surface area (TPSA) is 245 Å². The van der Waals surface area contributed by atoms with Crippen molar-refractivity contribution in [2.45, 2.75) is 158 Å². The van der Waals surface area contributed by atoms with Crippen LogP contribution in [0.2, 0.25) is 0 Å². The fourth-order valence-electron chi connectivity index (χ4n) is 5.67. The number of carbonyl (C=O) groups excluding carboxylic acids is 1. The summed E-state index contributed by atoms with van der Waals surface area (Å²) in [4.78, 5) is 11.6. The number of unbranched alkanes of at least 4 members (excludes halogenated alkanes) is 9. The summed E-state index contributed by atoms with van der Waals surface area (Å²) in [7, 11) is 0. The molecule has 0 saturated carbocycles. The van der Waals surface area contributed by atoms with Crippen LogP contribution in [0.5, 0.6) is 0 Å². The van der Waals surface area contributed by atoms with Crippen molar-refractivity contribution in [1.82, 2.24) is 5.32 Å². The molecular weight excluding hydrogens is 654 g/mol. The quantitative estimate of drug-likeness (QED) is 0.0363. The van der Waals surface area contributed by atoms with Crippen LogP contribution < -0.4 is 5.32 Å². The predicted octanol–water partition coefficient (Wildman–Crippen LogP) is -0.0190. The number of hydrogen-bond acceptors (Lipinski definition) is 13. The smallest absolute Gasteiger partial charge is 0.220 e. The molecule has 2 aliphatic heterocycles. The van der Waals surface area contributed by atoms with Gasteiger partial charge in [0.15, 0.2) is 23.7 Å². The number of allylic oxidation sites excluding steroid dienone is 2. The molecule has 0 aliphatic carbocycles. The molecule has 2 fully saturated rings. The van der Waals surface area contributed by atoms with Crippen LogP contribution in [-0.4, -0.2) is 143 Å². The van der Waals surface area contributed by atoms with Gasteiger partial charge in [-0.2, -0.15) is 0 Å². The molecule has 0 aromatic rings. The third-order valence-corrected chi connectivity index (χ3v) is 9.16. The maximum Gasteiger partial charge on any atom is 0.220 e. The molecule has 2 heterocycles. The van der Waals surface area contributed by atoms with E-state index in [0.717, 1.165) is 70.6 Å². The van der Waals surface area contributed by atoms with Crippen molar-refractivity contribution in [1.29, 1.82) is 0 Å². The second kappa shape index (κ2) is 24.1. The number of rotatable bonds is 24. The first-order chi connectivity index (χ1) is 23.0. The van der Waals surface area contributed by atoms with E-state index in [1.165, 1.54) is 0 Å². The average molecular weight is 714 g/mol. The molecule has 16 heteroatoms. The van der Waals surface area contributed by atoms with Gasteiger partial charge in [-0.1, -0.05) is 50.7 Å². The molecular formula is C32H59NO14S. The molecule has 0 aromatic heterocycles. The van der Waals surface area contributed by atoms with Gasteiger partial charge in [0.25, 0.3) is 0 Å². The van der Waals surface area contributed by atoms with E-state index in [1.807, 2.05) is 6.92 Å². The zero-order chi connectivity index (χ0) is 35.5. The highest BCUT2D eigenvalue weighted by molar-refractivity contribution is 7.79. The zero-order valence-electron chi connectivity index (χ0n) is 28.0. The number of aliphatic hydroxyl groups is 7. The van der Waals surface area contributed by atoms with Gasteiger partial charge in [0.1, 0.15) is 48.8 Å². The van der Waals surface area contributed by atoms with Crippen LogP contribution in [0.3, 0.4) is 0 Å². The molecule has 12 unspecified atom stereocenters. The minimum Gasteiger partial charge on any atom is -0.394 e.